The number of halogens is 1. The molecule has 0 aliphatic carbocycles. The number of carbonyl (C=O) groups is 1. The van der Waals surface area contributed by atoms with Crippen molar-refractivity contribution in [1.29, 1.82) is 0 Å². The predicted octanol–water partition coefficient (Wildman–Crippen LogP) is 3.94. The van der Waals surface area contributed by atoms with E-state index in [2.05, 4.69) is 5.32 Å². The van der Waals surface area contributed by atoms with E-state index in [1.54, 1.807) is 0 Å². The molecule has 0 bridgehead atoms. The van der Waals surface area contributed by atoms with Gasteiger partial charge in [0.2, 0.25) is 15.9 Å². The molecule has 0 radical (unpaired) electrons. The van der Waals surface area contributed by atoms with Gasteiger partial charge in [-0.15, -0.1) is 0 Å². The minimum Gasteiger partial charge on any atom is -0.356 e. The first-order chi connectivity index (χ1) is 14.3. The summed E-state index contributed by atoms with van der Waals surface area (Å²) in [7, 11) is -3.36. The van der Waals surface area contributed by atoms with Crippen LogP contribution in [0.25, 0.3) is 0 Å². The Morgan fingerprint density at radius 2 is 1.77 bits per heavy atom. The van der Waals surface area contributed by atoms with Gasteiger partial charge < -0.3 is 5.32 Å². The van der Waals surface area contributed by atoms with Crippen molar-refractivity contribution < 1.29 is 13.2 Å². The van der Waals surface area contributed by atoms with Gasteiger partial charge in [-0.05, 0) is 49.8 Å². The van der Waals surface area contributed by atoms with Crippen molar-refractivity contribution in [1.82, 2.24) is 9.62 Å². The molecule has 2 aromatic carbocycles. The third-order valence-corrected chi connectivity index (χ3v) is 7.79. The van der Waals surface area contributed by atoms with Gasteiger partial charge in [-0.2, -0.15) is 0 Å². The molecule has 0 unspecified atom stereocenters. The lowest BCUT2D eigenvalue weighted by Gasteiger charge is -2.30. The van der Waals surface area contributed by atoms with Crippen molar-refractivity contribution >= 4 is 27.5 Å². The highest BCUT2D eigenvalue weighted by molar-refractivity contribution is 7.88. The van der Waals surface area contributed by atoms with Crippen LogP contribution >= 0.6 is 11.6 Å². The number of piperidine rings is 1. The molecule has 1 heterocycles. The van der Waals surface area contributed by atoms with Gasteiger partial charge in [0.1, 0.15) is 0 Å². The average Bonchev–Trinajstić information content (AvgIpc) is 2.74. The van der Waals surface area contributed by atoms with Crippen molar-refractivity contribution in [3.8, 4) is 0 Å². The Morgan fingerprint density at radius 3 is 2.43 bits per heavy atom. The van der Waals surface area contributed by atoms with Gasteiger partial charge in [0, 0.05) is 30.6 Å². The molecule has 1 aliphatic heterocycles. The predicted molar refractivity (Wildman–Crippen MR) is 121 cm³/mol. The molecule has 0 atom stereocenters. The molecule has 7 heteroatoms. The summed E-state index contributed by atoms with van der Waals surface area (Å²) in [4.78, 5) is 12.5. The highest BCUT2D eigenvalue weighted by Gasteiger charge is 2.31. The topological polar surface area (TPSA) is 66.5 Å². The van der Waals surface area contributed by atoms with E-state index in [1.165, 1.54) is 4.31 Å². The van der Waals surface area contributed by atoms with E-state index in [-0.39, 0.29) is 17.6 Å². The smallest absolute Gasteiger partial charge is 0.223 e. The van der Waals surface area contributed by atoms with E-state index in [9.17, 15) is 13.2 Å². The maximum absolute atomic E-state index is 12.7. The van der Waals surface area contributed by atoms with E-state index < -0.39 is 10.0 Å². The Balaban J connectivity index is 1.41. The van der Waals surface area contributed by atoms with Crippen molar-refractivity contribution in [2.45, 2.75) is 38.4 Å². The summed E-state index contributed by atoms with van der Waals surface area (Å²) >= 11 is 6.15. The van der Waals surface area contributed by atoms with Crippen molar-refractivity contribution in [3.05, 3.63) is 70.2 Å². The second-order valence-electron chi connectivity index (χ2n) is 7.90. The number of benzene rings is 2. The zero-order valence-electron chi connectivity index (χ0n) is 17.3. The quantitative estimate of drug-likeness (QED) is 0.622. The van der Waals surface area contributed by atoms with E-state index in [4.69, 9.17) is 11.6 Å². The number of aryl methyl sites for hydroxylation is 2. The molecule has 0 spiro atoms. The molecule has 3 rings (SSSR count). The van der Waals surface area contributed by atoms with Gasteiger partial charge in [0.15, 0.2) is 0 Å². The summed E-state index contributed by atoms with van der Waals surface area (Å²) in [5, 5.41) is 3.74. The van der Waals surface area contributed by atoms with Crippen LogP contribution in [0.3, 0.4) is 0 Å². The molecule has 5 nitrogen and oxygen atoms in total. The Morgan fingerprint density at radius 1 is 1.10 bits per heavy atom. The summed E-state index contributed by atoms with van der Waals surface area (Å²) in [5.41, 5.74) is 2.98. The SMILES string of the molecule is Cc1ccc(CS(=O)(=O)N2CCC(C(=O)NCCCc3ccccc3Cl)CC2)cc1. The van der Waals surface area contributed by atoms with Gasteiger partial charge in [-0.3, -0.25) is 4.79 Å². The number of nitrogens with zero attached hydrogens (tertiary/aromatic N) is 1. The van der Waals surface area contributed by atoms with E-state index in [0.717, 1.165) is 34.6 Å². The average molecular weight is 449 g/mol. The molecule has 1 amide bonds. The fourth-order valence-corrected chi connectivity index (χ4v) is 5.51. The molecule has 2 aromatic rings. The third kappa shape index (κ3) is 6.30. The maximum atomic E-state index is 12.7. The minimum absolute atomic E-state index is 0.00614. The molecule has 1 N–H and O–H groups in total. The first kappa shape index (κ1) is 22.8. The molecule has 1 fully saturated rings. The summed E-state index contributed by atoms with van der Waals surface area (Å²) in [6, 6.07) is 15.3. The van der Waals surface area contributed by atoms with Crippen molar-refractivity contribution in [2.75, 3.05) is 19.6 Å². The van der Waals surface area contributed by atoms with Crippen LogP contribution in [0.4, 0.5) is 0 Å². The normalized spacial score (nSPS) is 15.8. The molecule has 30 heavy (non-hydrogen) atoms. The van der Waals surface area contributed by atoms with Gasteiger partial charge in [-0.25, -0.2) is 12.7 Å². The monoisotopic (exact) mass is 448 g/mol. The molecule has 1 aliphatic rings. The first-order valence-corrected chi connectivity index (χ1v) is 12.4. The van der Waals surface area contributed by atoms with Crippen LogP contribution in [0.2, 0.25) is 5.02 Å². The van der Waals surface area contributed by atoms with Gasteiger partial charge in [0.05, 0.1) is 5.75 Å². The van der Waals surface area contributed by atoms with E-state index >= 15 is 0 Å². The highest BCUT2D eigenvalue weighted by Crippen LogP contribution is 2.22. The lowest BCUT2D eigenvalue weighted by molar-refractivity contribution is -0.126. The fraction of sp³-hybridized carbons (Fsp3) is 0.435. The van der Waals surface area contributed by atoms with Crippen molar-refractivity contribution in [3.63, 3.8) is 0 Å². The van der Waals surface area contributed by atoms with E-state index in [1.807, 2.05) is 55.5 Å². The standard InChI is InChI=1S/C23H29ClN2O3S/c1-18-8-10-19(11-9-18)17-30(28,29)26-15-12-21(13-16-26)23(27)25-14-4-6-20-5-2-3-7-22(20)24/h2-3,5,7-11,21H,4,6,12-17H2,1H3,(H,25,27). The van der Waals surface area contributed by atoms with Crippen LogP contribution in [0, 0.1) is 12.8 Å². The van der Waals surface area contributed by atoms with Crippen LogP contribution in [0.15, 0.2) is 48.5 Å². The molecule has 162 valence electrons. The largest absolute Gasteiger partial charge is 0.356 e. The zero-order chi connectivity index (χ0) is 21.6. The van der Waals surface area contributed by atoms with Crippen LogP contribution in [0.1, 0.15) is 36.0 Å². The number of hydrogen-bond donors (Lipinski definition) is 1. The second kappa shape index (κ2) is 10.4. The Labute approximate surface area is 184 Å². The maximum Gasteiger partial charge on any atom is 0.223 e. The summed E-state index contributed by atoms with van der Waals surface area (Å²) in [6.07, 6.45) is 2.75. The van der Waals surface area contributed by atoms with Crippen LogP contribution in [-0.2, 0) is 27.0 Å². The molecule has 0 saturated carbocycles. The first-order valence-electron chi connectivity index (χ1n) is 10.4. The van der Waals surface area contributed by atoms with Gasteiger partial charge >= 0.3 is 0 Å². The molecular formula is C23H29ClN2O3S. The lowest BCUT2D eigenvalue weighted by atomic mass is 9.97. The number of carbonyl (C=O) groups excluding carboxylic acids is 1. The lowest BCUT2D eigenvalue weighted by Crippen LogP contribution is -2.43. The third-order valence-electron chi connectivity index (χ3n) is 5.57. The number of nitrogens with one attached hydrogen (secondary N) is 1. The summed E-state index contributed by atoms with van der Waals surface area (Å²) < 4.78 is 26.9. The molecule has 1 saturated heterocycles. The van der Waals surface area contributed by atoms with Crippen LogP contribution in [0.5, 0.6) is 0 Å². The Bertz CT molecular complexity index is 953. The summed E-state index contributed by atoms with van der Waals surface area (Å²) in [5.74, 6) is -0.104. The summed E-state index contributed by atoms with van der Waals surface area (Å²) in [6.45, 7) is 3.36. The molecule has 0 aromatic heterocycles. The van der Waals surface area contributed by atoms with Crippen LogP contribution in [-0.4, -0.2) is 38.3 Å². The van der Waals surface area contributed by atoms with Gasteiger partial charge in [-0.1, -0.05) is 59.6 Å². The Hall–Kier alpha value is -1.89. The zero-order valence-corrected chi connectivity index (χ0v) is 18.9. The number of hydrogen-bond acceptors (Lipinski definition) is 3. The fourth-order valence-electron chi connectivity index (χ4n) is 3.72. The number of sulfonamides is 1. The second-order valence-corrected chi connectivity index (χ2v) is 10.3. The minimum atomic E-state index is -3.36. The van der Waals surface area contributed by atoms with E-state index in [0.29, 0.717) is 32.5 Å². The highest BCUT2D eigenvalue weighted by atomic mass is 35.5. The number of rotatable bonds is 8. The number of amides is 1. The Kier molecular flexibility index (Phi) is 7.92. The van der Waals surface area contributed by atoms with Crippen LogP contribution < -0.4 is 5.32 Å². The van der Waals surface area contributed by atoms with Gasteiger partial charge in [0.25, 0.3) is 0 Å². The molecular weight excluding hydrogens is 420 g/mol. The van der Waals surface area contributed by atoms with Crippen molar-refractivity contribution in [2.24, 2.45) is 5.92 Å².